The van der Waals surface area contributed by atoms with E-state index in [1.807, 2.05) is 18.4 Å². The van der Waals surface area contributed by atoms with Crippen LogP contribution in [0.1, 0.15) is 5.56 Å². The van der Waals surface area contributed by atoms with Gasteiger partial charge in [0.1, 0.15) is 0 Å². The van der Waals surface area contributed by atoms with Gasteiger partial charge in [-0.2, -0.15) is 0 Å². The summed E-state index contributed by atoms with van der Waals surface area (Å²) in [4.78, 5) is 18.3. The molecule has 0 aliphatic rings. The molecule has 0 aliphatic heterocycles. The Morgan fingerprint density at radius 2 is 2.31 bits per heavy atom. The number of nitrogens with zero attached hydrogens (tertiary/aromatic N) is 1. The van der Waals surface area contributed by atoms with Gasteiger partial charge in [-0.05, 0) is 30.0 Å². The maximum Gasteiger partial charge on any atom is 0.345 e. The molecule has 66 valence electrons. The first-order valence-electron chi connectivity index (χ1n) is 3.87. The van der Waals surface area contributed by atoms with Crippen LogP contribution in [-0.4, -0.2) is 9.97 Å². The Bertz CT molecular complexity index is 472. The van der Waals surface area contributed by atoms with Gasteiger partial charge in [0.2, 0.25) is 0 Å². The molecule has 0 atom stereocenters. The van der Waals surface area contributed by atoms with E-state index in [-0.39, 0.29) is 5.69 Å². The van der Waals surface area contributed by atoms with Gasteiger partial charge in [0.05, 0.1) is 10.6 Å². The second-order valence-electron chi connectivity index (χ2n) is 2.72. The Kier molecular flexibility index (Phi) is 1.98. The standard InChI is InChI=1S/C9H8N2OS/c1-6-3-5-13-8(6)7-2-4-10-9(12)11-7/h2-5H,1H3,(H,10,11,12). The van der Waals surface area contributed by atoms with E-state index in [2.05, 4.69) is 9.97 Å². The van der Waals surface area contributed by atoms with E-state index >= 15 is 0 Å². The van der Waals surface area contributed by atoms with Gasteiger partial charge in [-0.1, -0.05) is 0 Å². The molecule has 0 aromatic carbocycles. The molecule has 0 spiro atoms. The predicted octanol–water partition coefficient (Wildman–Crippen LogP) is 1.81. The molecule has 0 bridgehead atoms. The smallest absolute Gasteiger partial charge is 0.305 e. The van der Waals surface area contributed by atoms with Crippen LogP contribution in [0.25, 0.3) is 10.6 Å². The minimum atomic E-state index is -0.301. The molecule has 0 radical (unpaired) electrons. The second-order valence-corrected chi connectivity index (χ2v) is 3.64. The first-order valence-corrected chi connectivity index (χ1v) is 4.75. The highest BCUT2D eigenvalue weighted by Crippen LogP contribution is 2.25. The number of rotatable bonds is 1. The summed E-state index contributed by atoms with van der Waals surface area (Å²) < 4.78 is 0. The van der Waals surface area contributed by atoms with Crippen molar-refractivity contribution in [2.45, 2.75) is 6.92 Å². The summed E-state index contributed by atoms with van der Waals surface area (Å²) in [5.74, 6) is 0. The van der Waals surface area contributed by atoms with Crippen molar-refractivity contribution >= 4 is 11.3 Å². The van der Waals surface area contributed by atoms with Crippen molar-refractivity contribution < 1.29 is 0 Å². The van der Waals surface area contributed by atoms with E-state index in [0.717, 1.165) is 10.6 Å². The number of aromatic nitrogens is 2. The molecule has 2 aromatic rings. The molecule has 0 amide bonds. The topological polar surface area (TPSA) is 45.8 Å². The molecule has 3 nitrogen and oxygen atoms in total. The predicted molar refractivity (Wildman–Crippen MR) is 52.9 cm³/mol. The molecule has 0 saturated heterocycles. The molecule has 2 rings (SSSR count). The SMILES string of the molecule is Cc1ccsc1-c1ccnc(=O)[nH]1. The lowest BCUT2D eigenvalue weighted by atomic mass is 10.2. The molecular weight excluding hydrogens is 184 g/mol. The fourth-order valence-corrected chi connectivity index (χ4v) is 2.06. The number of hydrogen-bond acceptors (Lipinski definition) is 3. The normalized spacial score (nSPS) is 10.2. The summed E-state index contributed by atoms with van der Waals surface area (Å²) in [6, 6.07) is 3.83. The van der Waals surface area contributed by atoms with Crippen molar-refractivity contribution in [3.63, 3.8) is 0 Å². The summed E-state index contributed by atoms with van der Waals surface area (Å²) in [6.07, 6.45) is 1.52. The highest BCUT2D eigenvalue weighted by atomic mass is 32.1. The Morgan fingerprint density at radius 1 is 1.46 bits per heavy atom. The zero-order chi connectivity index (χ0) is 9.26. The summed E-state index contributed by atoms with van der Waals surface area (Å²) >= 11 is 1.61. The van der Waals surface area contributed by atoms with E-state index in [1.54, 1.807) is 17.4 Å². The molecule has 2 heterocycles. The van der Waals surface area contributed by atoms with Gasteiger partial charge in [0.25, 0.3) is 0 Å². The number of thiophene rings is 1. The van der Waals surface area contributed by atoms with Crippen molar-refractivity contribution in [3.05, 3.63) is 39.8 Å². The molecule has 1 N–H and O–H groups in total. The molecular formula is C9H8N2OS. The van der Waals surface area contributed by atoms with E-state index in [0.29, 0.717) is 0 Å². The Labute approximate surface area is 79.1 Å². The first kappa shape index (κ1) is 8.19. The Morgan fingerprint density at radius 3 is 2.92 bits per heavy atom. The lowest BCUT2D eigenvalue weighted by molar-refractivity contribution is 1.08. The van der Waals surface area contributed by atoms with Crippen LogP contribution in [-0.2, 0) is 0 Å². The third-order valence-electron chi connectivity index (χ3n) is 1.78. The van der Waals surface area contributed by atoms with Gasteiger partial charge in [0, 0.05) is 6.20 Å². The third kappa shape index (κ3) is 1.53. The van der Waals surface area contributed by atoms with Crippen LogP contribution in [0.2, 0.25) is 0 Å². The van der Waals surface area contributed by atoms with Crippen molar-refractivity contribution in [2.75, 3.05) is 0 Å². The van der Waals surface area contributed by atoms with Gasteiger partial charge in [0.15, 0.2) is 0 Å². The molecule has 0 saturated carbocycles. The van der Waals surface area contributed by atoms with Crippen molar-refractivity contribution in [3.8, 4) is 10.6 Å². The lowest BCUT2D eigenvalue weighted by Gasteiger charge is -1.97. The van der Waals surface area contributed by atoms with Crippen LogP contribution >= 0.6 is 11.3 Å². The van der Waals surface area contributed by atoms with Gasteiger partial charge in [-0.25, -0.2) is 9.78 Å². The van der Waals surface area contributed by atoms with Gasteiger partial charge in [-0.15, -0.1) is 11.3 Å². The average molecular weight is 192 g/mol. The van der Waals surface area contributed by atoms with Crippen LogP contribution in [0.5, 0.6) is 0 Å². The maximum atomic E-state index is 10.9. The monoisotopic (exact) mass is 192 g/mol. The quantitative estimate of drug-likeness (QED) is 0.749. The second kappa shape index (κ2) is 3.14. The number of aryl methyl sites for hydroxylation is 1. The maximum absolute atomic E-state index is 10.9. The lowest BCUT2D eigenvalue weighted by Crippen LogP contribution is -2.08. The van der Waals surface area contributed by atoms with Crippen LogP contribution in [0.3, 0.4) is 0 Å². The highest BCUT2D eigenvalue weighted by Gasteiger charge is 2.02. The Balaban J connectivity index is 2.59. The number of nitrogens with one attached hydrogen (secondary N) is 1. The first-order chi connectivity index (χ1) is 6.27. The van der Waals surface area contributed by atoms with Crippen molar-refractivity contribution in [1.29, 1.82) is 0 Å². The summed E-state index contributed by atoms with van der Waals surface area (Å²) in [5, 5.41) is 2.00. The van der Waals surface area contributed by atoms with E-state index in [4.69, 9.17) is 0 Å². The van der Waals surface area contributed by atoms with E-state index in [9.17, 15) is 4.79 Å². The fraction of sp³-hybridized carbons (Fsp3) is 0.111. The molecule has 4 heteroatoms. The summed E-state index contributed by atoms with van der Waals surface area (Å²) in [6.45, 7) is 2.02. The minimum absolute atomic E-state index is 0.301. The third-order valence-corrected chi connectivity index (χ3v) is 2.83. The average Bonchev–Trinajstić information content (AvgIpc) is 2.51. The van der Waals surface area contributed by atoms with E-state index < -0.39 is 0 Å². The van der Waals surface area contributed by atoms with Crippen LogP contribution in [0.4, 0.5) is 0 Å². The summed E-state index contributed by atoms with van der Waals surface area (Å²) in [7, 11) is 0. The Hall–Kier alpha value is -1.42. The molecule has 13 heavy (non-hydrogen) atoms. The molecule has 2 aromatic heterocycles. The van der Waals surface area contributed by atoms with Gasteiger partial charge < -0.3 is 4.98 Å². The van der Waals surface area contributed by atoms with Gasteiger partial charge in [-0.3, -0.25) is 0 Å². The fourth-order valence-electron chi connectivity index (χ4n) is 1.15. The largest absolute Gasteiger partial charge is 0.345 e. The van der Waals surface area contributed by atoms with Crippen molar-refractivity contribution in [1.82, 2.24) is 9.97 Å². The number of hydrogen-bond donors (Lipinski definition) is 1. The van der Waals surface area contributed by atoms with Crippen LogP contribution < -0.4 is 5.69 Å². The van der Waals surface area contributed by atoms with Crippen LogP contribution in [0.15, 0.2) is 28.5 Å². The van der Waals surface area contributed by atoms with Crippen LogP contribution in [0, 0.1) is 6.92 Å². The van der Waals surface area contributed by atoms with Gasteiger partial charge >= 0.3 is 5.69 Å². The molecule has 0 fully saturated rings. The van der Waals surface area contributed by atoms with E-state index in [1.165, 1.54) is 11.8 Å². The minimum Gasteiger partial charge on any atom is -0.305 e. The number of H-pyrrole nitrogens is 1. The highest BCUT2D eigenvalue weighted by molar-refractivity contribution is 7.13. The summed E-state index contributed by atoms with van der Waals surface area (Å²) in [5.41, 5.74) is 1.71. The molecule has 0 aliphatic carbocycles. The van der Waals surface area contributed by atoms with Crippen molar-refractivity contribution in [2.24, 2.45) is 0 Å². The number of aromatic amines is 1. The zero-order valence-electron chi connectivity index (χ0n) is 7.07. The molecule has 0 unspecified atom stereocenters. The zero-order valence-corrected chi connectivity index (χ0v) is 7.89.